The highest BCUT2D eigenvalue weighted by atomic mass is 16.3. The fourth-order valence-corrected chi connectivity index (χ4v) is 3.12. The van der Waals surface area contributed by atoms with Crippen LogP contribution in [0.4, 0.5) is 5.69 Å². The molecule has 2 aromatic carbocycles. The Hall–Kier alpha value is -3.34. The maximum absolute atomic E-state index is 12.3. The summed E-state index contributed by atoms with van der Waals surface area (Å²) in [5.41, 5.74) is 2.31. The van der Waals surface area contributed by atoms with Crippen LogP contribution < -0.4 is 5.32 Å². The first-order valence-corrected chi connectivity index (χ1v) is 9.94. The highest BCUT2D eigenvalue weighted by Crippen LogP contribution is 2.22. The van der Waals surface area contributed by atoms with Crippen LogP contribution in [0.2, 0.25) is 0 Å². The van der Waals surface area contributed by atoms with Crippen molar-refractivity contribution in [1.29, 1.82) is 0 Å². The van der Waals surface area contributed by atoms with Gasteiger partial charge in [0.25, 0.3) is 5.91 Å². The number of aryl methyl sites for hydroxylation is 1. The van der Waals surface area contributed by atoms with E-state index in [-0.39, 0.29) is 11.8 Å². The predicted octanol–water partition coefficient (Wildman–Crippen LogP) is 5.00. The number of amides is 2. The largest absolute Gasteiger partial charge is 0.461 e. The van der Waals surface area contributed by atoms with Gasteiger partial charge in [0, 0.05) is 42.7 Å². The molecule has 0 spiro atoms. The summed E-state index contributed by atoms with van der Waals surface area (Å²) in [4.78, 5) is 26.4. The van der Waals surface area contributed by atoms with Crippen LogP contribution in [0.1, 0.15) is 36.4 Å². The number of benzene rings is 2. The molecule has 0 saturated heterocycles. The Labute approximate surface area is 171 Å². The van der Waals surface area contributed by atoms with Gasteiger partial charge in [-0.3, -0.25) is 9.59 Å². The monoisotopic (exact) mass is 390 g/mol. The van der Waals surface area contributed by atoms with E-state index in [0.717, 1.165) is 17.1 Å². The minimum atomic E-state index is -0.0921. The summed E-state index contributed by atoms with van der Waals surface area (Å²) >= 11 is 0. The topological polar surface area (TPSA) is 62.6 Å². The molecule has 0 bridgehead atoms. The van der Waals surface area contributed by atoms with E-state index in [1.165, 1.54) is 0 Å². The van der Waals surface area contributed by atoms with Crippen LogP contribution in [0.15, 0.2) is 71.1 Å². The van der Waals surface area contributed by atoms with Crippen molar-refractivity contribution in [2.45, 2.75) is 26.7 Å². The van der Waals surface area contributed by atoms with Gasteiger partial charge in [0.2, 0.25) is 5.91 Å². The summed E-state index contributed by atoms with van der Waals surface area (Å²) < 4.78 is 5.83. The lowest BCUT2D eigenvalue weighted by molar-refractivity contribution is -0.116. The van der Waals surface area contributed by atoms with Gasteiger partial charge in [-0.2, -0.15) is 0 Å². The predicted molar refractivity (Wildman–Crippen MR) is 115 cm³/mol. The molecule has 1 N–H and O–H groups in total. The van der Waals surface area contributed by atoms with E-state index >= 15 is 0 Å². The number of hydrogen-bond donors (Lipinski definition) is 1. The smallest absolute Gasteiger partial charge is 0.253 e. The molecule has 0 unspecified atom stereocenters. The molecule has 0 aliphatic rings. The van der Waals surface area contributed by atoms with E-state index in [2.05, 4.69) is 5.32 Å². The Bertz CT molecular complexity index is 942. The molecule has 0 aliphatic heterocycles. The Kier molecular flexibility index (Phi) is 6.85. The average molecular weight is 390 g/mol. The molecule has 150 valence electrons. The van der Waals surface area contributed by atoms with Crippen molar-refractivity contribution < 1.29 is 14.0 Å². The van der Waals surface area contributed by atoms with E-state index < -0.39 is 0 Å². The number of nitrogens with one attached hydrogen (secondary N) is 1. The van der Waals surface area contributed by atoms with Gasteiger partial charge in [0.05, 0.1) is 0 Å². The van der Waals surface area contributed by atoms with Crippen molar-refractivity contribution in [3.63, 3.8) is 0 Å². The van der Waals surface area contributed by atoms with E-state index in [1.807, 2.05) is 56.3 Å². The third-order valence-corrected chi connectivity index (χ3v) is 4.78. The Morgan fingerprint density at radius 3 is 2.24 bits per heavy atom. The number of anilines is 1. The summed E-state index contributed by atoms with van der Waals surface area (Å²) in [7, 11) is 0. The van der Waals surface area contributed by atoms with Gasteiger partial charge < -0.3 is 14.6 Å². The quantitative estimate of drug-likeness (QED) is 0.589. The fourth-order valence-electron chi connectivity index (χ4n) is 3.12. The third-order valence-electron chi connectivity index (χ3n) is 4.78. The molecule has 0 radical (unpaired) electrons. The first kappa shape index (κ1) is 20.4. The molecule has 5 nitrogen and oxygen atoms in total. The molecule has 0 aliphatic carbocycles. The number of nitrogens with zero attached hydrogens (tertiary/aromatic N) is 1. The SMILES string of the molecule is CCN(CC)C(=O)c1ccc(NC(=O)CCc2ccc(-c3ccccc3)o2)cc1. The van der Waals surface area contributed by atoms with Crippen LogP contribution in [0.5, 0.6) is 0 Å². The lowest BCUT2D eigenvalue weighted by atomic mass is 10.1. The second kappa shape index (κ2) is 9.73. The van der Waals surface area contributed by atoms with Crippen LogP contribution in [0.3, 0.4) is 0 Å². The first-order chi connectivity index (χ1) is 14.1. The van der Waals surface area contributed by atoms with Crippen molar-refractivity contribution >= 4 is 17.5 Å². The molecule has 0 saturated carbocycles. The zero-order valence-corrected chi connectivity index (χ0v) is 16.9. The Morgan fingerprint density at radius 2 is 1.59 bits per heavy atom. The van der Waals surface area contributed by atoms with Crippen molar-refractivity contribution in [2.24, 2.45) is 0 Å². The van der Waals surface area contributed by atoms with E-state index in [9.17, 15) is 9.59 Å². The molecule has 0 fully saturated rings. The number of rotatable bonds is 8. The molecule has 5 heteroatoms. The van der Waals surface area contributed by atoms with Gasteiger partial charge in [0.1, 0.15) is 11.5 Å². The van der Waals surface area contributed by atoms with Crippen LogP contribution in [-0.4, -0.2) is 29.8 Å². The van der Waals surface area contributed by atoms with Gasteiger partial charge in [-0.25, -0.2) is 0 Å². The Morgan fingerprint density at radius 1 is 0.897 bits per heavy atom. The molecular formula is C24H26N2O3. The van der Waals surface area contributed by atoms with Gasteiger partial charge in [-0.05, 0) is 50.2 Å². The number of carbonyl (C=O) groups is 2. The van der Waals surface area contributed by atoms with E-state index in [1.54, 1.807) is 29.2 Å². The summed E-state index contributed by atoms with van der Waals surface area (Å²) in [6, 6.07) is 20.7. The number of hydrogen-bond acceptors (Lipinski definition) is 3. The summed E-state index contributed by atoms with van der Waals surface area (Å²) in [5, 5.41) is 2.87. The normalized spacial score (nSPS) is 10.6. The van der Waals surface area contributed by atoms with Crippen molar-refractivity contribution in [1.82, 2.24) is 4.90 Å². The van der Waals surface area contributed by atoms with E-state index in [4.69, 9.17) is 4.42 Å². The van der Waals surface area contributed by atoms with Gasteiger partial charge in [0.15, 0.2) is 0 Å². The minimum Gasteiger partial charge on any atom is -0.461 e. The zero-order valence-electron chi connectivity index (χ0n) is 16.9. The molecule has 0 atom stereocenters. The zero-order chi connectivity index (χ0) is 20.6. The summed E-state index contributed by atoms with van der Waals surface area (Å²) in [6.07, 6.45) is 0.846. The van der Waals surface area contributed by atoms with E-state index in [0.29, 0.717) is 37.2 Å². The molecule has 3 rings (SSSR count). The van der Waals surface area contributed by atoms with Crippen molar-refractivity contribution in [3.05, 3.63) is 78.1 Å². The molecular weight excluding hydrogens is 364 g/mol. The van der Waals surface area contributed by atoms with Gasteiger partial charge >= 0.3 is 0 Å². The summed E-state index contributed by atoms with van der Waals surface area (Å²) in [6.45, 7) is 5.26. The van der Waals surface area contributed by atoms with Gasteiger partial charge in [-0.1, -0.05) is 30.3 Å². The second-order valence-corrected chi connectivity index (χ2v) is 6.73. The first-order valence-electron chi connectivity index (χ1n) is 9.94. The highest BCUT2D eigenvalue weighted by molar-refractivity contribution is 5.95. The highest BCUT2D eigenvalue weighted by Gasteiger charge is 2.12. The molecule has 1 aromatic heterocycles. The fraction of sp³-hybridized carbons (Fsp3) is 0.250. The van der Waals surface area contributed by atoms with Crippen molar-refractivity contribution in [3.8, 4) is 11.3 Å². The molecule has 29 heavy (non-hydrogen) atoms. The number of furan rings is 1. The third kappa shape index (κ3) is 5.35. The maximum Gasteiger partial charge on any atom is 0.253 e. The second-order valence-electron chi connectivity index (χ2n) is 6.73. The number of carbonyl (C=O) groups excluding carboxylic acids is 2. The maximum atomic E-state index is 12.3. The van der Waals surface area contributed by atoms with Crippen LogP contribution in [-0.2, 0) is 11.2 Å². The molecule has 1 heterocycles. The summed E-state index contributed by atoms with van der Waals surface area (Å²) in [5.74, 6) is 1.49. The average Bonchev–Trinajstić information content (AvgIpc) is 3.23. The van der Waals surface area contributed by atoms with Crippen LogP contribution >= 0.6 is 0 Å². The molecule has 3 aromatic rings. The molecule has 2 amide bonds. The Balaban J connectivity index is 1.52. The lowest BCUT2D eigenvalue weighted by Crippen LogP contribution is -2.30. The standard InChI is InChI=1S/C24H26N2O3/c1-3-26(4-2)24(28)19-10-12-20(13-11-19)25-23(27)17-15-21-14-16-22(29-21)18-8-6-5-7-9-18/h5-14,16H,3-4,15,17H2,1-2H3,(H,25,27). The van der Waals surface area contributed by atoms with Crippen LogP contribution in [0, 0.1) is 0 Å². The van der Waals surface area contributed by atoms with Crippen LogP contribution in [0.25, 0.3) is 11.3 Å². The lowest BCUT2D eigenvalue weighted by Gasteiger charge is -2.18. The minimum absolute atomic E-state index is 0.0000776. The van der Waals surface area contributed by atoms with Crippen molar-refractivity contribution in [2.75, 3.05) is 18.4 Å². The van der Waals surface area contributed by atoms with Gasteiger partial charge in [-0.15, -0.1) is 0 Å².